The van der Waals surface area contributed by atoms with Crippen molar-refractivity contribution in [1.82, 2.24) is 0 Å². The Hall–Kier alpha value is 1.66. The molecular weight excluding hydrogens is 416 g/mol. The zero-order valence-corrected chi connectivity index (χ0v) is 16.3. The molecule has 20 heavy (non-hydrogen) atoms. The van der Waals surface area contributed by atoms with Gasteiger partial charge < -0.3 is 0 Å². The van der Waals surface area contributed by atoms with Gasteiger partial charge in [-0.2, -0.15) is 0 Å². The monoisotopic (exact) mass is 445 g/mol. The molecule has 0 bridgehead atoms. The molecule has 119 valence electrons. The van der Waals surface area contributed by atoms with Gasteiger partial charge in [-0.1, -0.05) is 41.5 Å². The van der Waals surface area contributed by atoms with Crippen molar-refractivity contribution in [2.45, 2.75) is 51.9 Å². The van der Waals surface area contributed by atoms with E-state index in [1.165, 1.54) is 0 Å². The zero-order valence-electron chi connectivity index (χ0n) is 13.6. The van der Waals surface area contributed by atoms with Crippen LogP contribution in [0, 0.1) is 101 Å². The zero-order chi connectivity index (χ0) is 14.8. The molecule has 0 spiro atoms. The van der Waals surface area contributed by atoms with Crippen LogP contribution in [0.25, 0.3) is 0 Å². The third-order valence-corrected chi connectivity index (χ3v) is 3.36. The maximum Gasteiger partial charge on any atom is 0 e. The summed E-state index contributed by atoms with van der Waals surface area (Å²) >= 11 is 0. The van der Waals surface area contributed by atoms with Crippen LogP contribution in [-0.2, 0) is 0 Å². The van der Waals surface area contributed by atoms with E-state index in [0.29, 0.717) is 10.3 Å². The first-order valence-corrected chi connectivity index (χ1v) is 7.83. The van der Waals surface area contributed by atoms with Crippen molar-refractivity contribution < 1.29 is 36.9 Å². The standard InChI is InChI=1S/C8H19P.2C5H5.Tm/c1-7(2,3)9-8(4,5)6;2*1-2-4-5-3-1;/h9H,1-6H3;2*1-5H;. The van der Waals surface area contributed by atoms with E-state index in [-0.39, 0.29) is 36.9 Å². The average Bonchev–Trinajstić information content (AvgIpc) is 2.93. The van der Waals surface area contributed by atoms with Gasteiger partial charge in [0.25, 0.3) is 0 Å². The van der Waals surface area contributed by atoms with E-state index in [1.807, 2.05) is 64.2 Å². The fourth-order valence-corrected chi connectivity index (χ4v) is 4.02. The van der Waals surface area contributed by atoms with E-state index in [1.54, 1.807) is 0 Å². The van der Waals surface area contributed by atoms with Crippen molar-refractivity contribution in [3.63, 3.8) is 0 Å². The Labute approximate surface area is 160 Å². The normalized spacial score (nSPS) is 18.3. The molecule has 0 heterocycles. The second-order valence-electron chi connectivity index (χ2n) is 6.55. The predicted octanol–water partition coefficient (Wildman–Crippen LogP) is 5.30. The van der Waals surface area contributed by atoms with Gasteiger partial charge >= 0.3 is 0 Å². The van der Waals surface area contributed by atoms with Crippen molar-refractivity contribution in [2.24, 2.45) is 0 Å². The van der Waals surface area contributed by atoms with E-state index < -0.39 is 0 Å². The summed E-state index contributed by atoms with van der Waals surface area (Å²) in [6, 6.07) is 0. The van der Waals surface area contributed by atoms with Crippen molar-refractivity contribution >= 4 is 8.58 Å². The minimum Gasteiger partial charge on any atom is -0.111 e. The number of rotatable bonds is 0. The molecule has 0 N–H and O–H groups in total. The Morgan fingerprint density at radius 3 is 0.650 bits per heavy atom. The Morgan fingerprint density at radius 2 is 0.600 bits per heavy atom. The van der Waals surface area contributed by atoms with E-state index in [4.69, 9.17) is 0 Å². The van der Waals surface area contributed by atoms with Crippen molar-refractivity contribution in [3.05, 3.63) is 64.2 Å². The fourth-order valence-electron chi connectivity index (χ4n) is 1.77. The summed E-state index contributed by atoms with van der Waals surface area (Å²) in [5, 5.41) is 1.02. The van der Waals surface area contributed by atoms with Crippen LogP contribution in [0.4, 0.5) is 0 Å². The van der Waals surface area contributed by atoms with E-state index in [2.05, 4.69) is 41.5 Å². The van der Waals surface area contributed by atoms with Gasteiger partial charge in [-0.3, -0.25) is 0 Å². The van der Waals surface area contributed by atoms with Gasteiger partial charge in [0, 0.05) is 36.9 Å². The molecular formula is C18H29PTm. The molecule has 0 aromatic heterocycles. The second kappa shape index (κ2) is 13.1. The van der Waals surface area contributed by atoms with Gasteiger partial charge in [-0.25, -0.2) is 0 Å². The summed E-state index contributed by atoms with van der Waals surface area (Å²) in [6.07, 6.45) is 20.0. The van der Waals surface area contributed by atoms with E-state index in [9.17, 15) is 0 Å². The Bertz CT molecular complexity index is 155. The molecule has 2 aliphatic carbocycles. The van der Waals surface area contributed by atoms with Crippen LogP contribution >= 0.6 is 8.58 Å². The largest absolute Gasteiger partial charge is 0.111 e. The topological polar surface area (TPSA) is 0 Å². The molecule has 2 fully saturated rings. The van der Waals surface area contributed by atoms with Gasteiger partial charge in [0.1, 0.15) is 0 Å². The summed E-state index contributed by atoms with van der Waals surface area (Å²) in [4.78, 5) is 0. The minimum atomic E-state index is 0. The third-order valence-electron chi connectivity index (χ3n) is 1.86. The Balaban J connectivity index is 0. The first-order chi connectivity index (χ1) is 8.71. The van der Waals surface area contributed by atoms with Crippen LogP contribution in [-0.4, -0.2) is 10.3 Å². The van der Waals surface area contributed by atoms with Crippen molar-refractivity contribution in [2.75, 3.05) is 0 Å². The molecule has 0 nitrogen and oxygen atoms in total. The molecule has 0 amide bonds. The predicted molar refractivity (Wildman–Crippen MR) is 90.8 cm³/mol. The van der Waals surface area contributed by atoms with E-state index >= 15 is 0 Å². The van der Waals surface area contributed by atoms with Crippen LogP contribution in [0.15, 0.2) is 0 Å². The Morgan fingerprint density at radius 1 is 0.450 bits per heavy atom. The molecule has 0 atom stereocenters. The maximum absolute atomic E-state index is 2.30. The molecule has 11 radical (unpaired) electrons. The van der Waals surface area contributed by atoms with Crippen LogP contribution in [0.5, 0.6) is 0 Å². The van der Waals surface area contributed by atoms with Gasteiger partial charge in [0.2, 0.25) is 0 Å². The fraction of sp³-hybridized carbons (Fsp3) is 0.444. The number of hydrogen-bond donors (Lipinski definition) is 0. The second-order valence-corrected chi connectivity index (χ2v) is 9.80. The first-order valence-electron chi connectivity index (χ1n) is 6.83. The number of hydrogen-bond acceptors (Lipinski definition) is 0. The average molecular weight is 445 g/mol. The maximum atomic E-state index is 2.30. The third kappa shape index (κ3) is 22.0. The molecule has 2 aliphatic rings. The van der Waals surface area contributed by atoms with Crippen LogP contribution < -0.4 is 0 Å². The van der Waals surface area contributed by atoms with E-state index in [0.717, 1.165) is 8.58 Å². The molecule has 0 aromatic rings. The van der Waals surface area contributed by atoms with Gasteiger partial charge in [0.15, 0.2) is 0 Å². The molecule has 2 heteroatoms. The molecule has 0 aromatic carbocycles. The SMILES string of the molecule is CC(C)(C)PC(C)(C)C.[CH]1[CH][CH][CH][CH]1.[CH]1[CH][CH][CH][CH]1.[Tm]. The molecule has 2 saturated carbocycles. The van der Waals surface area contributed by atoms with Gasteiger partial charge in [-0.15, -0.1) is 8.58 Å². The van der Waals surface area contributed by atoms with Crippen LogP contribution in [0.3, 0.4) is 0 Å². The van der Waals surface area contributed by atoms with Crippen molar-refractivity contribution in [1.29, 1.82) is 0 Å². The van der Waals surface area contributed by atoms with Gasteiger partial charge in [0.05, 0.1) is 0 Å². The summed E-state index contributed by atoms with van der Waals surface area (Å²) in [6.45, 7) is 13.8. The van der Waals surface area contributed by atoms with Crippen molar-refractivity contribution in [3.8, 4) is 0 Å². The smallest absolute Gasteiger partial charge is 0 e. The molecule has 0 aliphatic heterocycles. The van der Waals surface area contributed by atoms with Gasteiger partial charge in [-0.05, 0) is 74.5 Å². The minimum absolute atomic E-state index is 0. The Kier molecular flexibility index (Phi) is 15.7. The first kappa shape index (κ1) is 23.9. The summed E-state index contributed by atoms with van der Waals surface area (Å²) in [5.74, 6) is 0. The summed E-state index contributed by atoms with van der Waals surface area (Å²) in [7, 11) is 1.05. The van der Waals surface area contributed by atoms with Crippen LogP contribution in [0.1, 0.15) is 41.5 Å². The summed E-state index contributed by atoms with van der Waals surface area (Å²) < 4.78 is 0. The molecule has 0 unspecified atom stereocenters. The molecule has 2 rings (SSSR count). The quantitative estimate of drug-likeness (QED) is 0.444. The molecule has 0 saturated heterocycles. The summed E-state index contributed by atoms with van der Waals surface area (Å²) in [5.41, 5.74) is 0. The van der Waals surface area contributed by atoms with Crippen LogP contribution in [0.2, 0.25) is 0 Å².